The monoisotopic (exact) mass is 186 g/mol. The third-order valence-corrected chi connectivity index (χ3v) is 3.62. The summed E-state index contributed by atoms with van der Waals surface area (Å²) in [6.07, 6.45) is 1.45. The highest BCUT2D eigenvalue weighted by molar-refractivity contribution is 4.81. The van der Waals surface area contributed by atoms with E-state index >= 15 is 0 Å². The van der Waals surface area contributed by atoms with Crippen molar-refractivity contribution in [3.05, 3.63) is 0 Å². The maximum atomic E-state index is 5.86. The van der Waals surface area contributed by atoms with Crippen molar-refractivity contribution in [2.24, 2.45) is 17.8 Å². The summed E-state index contributed by atoms with van der Waals surface area (Å²) in [7, 11) is 1.73. The summed E-state index contributed by atoms with van der Waals surface area (Å²) in [5.74, 6) is 1.83. The van der Waals surface area contributed by atoms with Gasteiger partial charge >= 0.3 is 0 Å². The van der Waals surface area contributed by atoms with Gasteiger partial charge in [0.2, 0.25) is 0 Å². The van der Waals surface area contributed by atoms with Gasteiger partial charge in [-0.05, 0) is 18.3 Å². The summed E-state index contributed by atoms with van der Waals surface area (Å²) in [6.45, 7) is 8.96. The number of methoxy groups -OCH3 is 1. The number of hydrogen-bond donors (Lipinski definition) is 0. The Balaban J connectivity index is 2.66. The smallest absolute Gasteiger partial charge is 0.160 e. The molecule has 0 bridgehead atoms. The molecule has 0 spiro atoms. The molecule has 0 aliphatic carbocycles. The predicted octanol–water partition coefficient (Wildman–Crippen LogP) is 2.68. The van der Waals surface area contributed by atoms with E-state index in [0.29, 0.717) is 23.9 Å². The van der Waals surface area contributed by atoms with Gasteiger partial charge in [0.15, 0.2) is 6.29 Å². The Labute approximate surface area is 81.6 Å². The van der Waals surface area contributed by atoms with Crippen LogP contribution in [0.3, 0.4) is 0 Å². The summed E-state index contributed by atoms with van der Waals surface area (Å²) >= 11 is 0. The van der Waals surface area contributed by atoms with E-state index < -0.39 is 0 Å². The van der Waals surface area contributed by atoms with E-state index in [1.165, 1.54) is 0 Å². The number of ether oxygens (including phenoxy) is 2. The van der Waals surface area contributed by atoms with Gasteiger partial charge in [-0.3, -0.25) is 0 Å². The average molecular weight is 186 g/mol. The molecule has 2 unspecified atom stereocenters. The van der Waals surface area contributed by atoms with Crippen LogP contribution in [0.1, 0.15) is 34.1 Å². The zero-order valence-electron chi connectivity index (χ0n) is 9.41. The Morgan fingerprint density at radius 2 is 1.69 bits per heavy atom. The van der Waals surface area contributed by atoms with E-state index in [9.17, 15) is 0 Å². The Bertz CT molecular complexity index is 138. The Morgan fingerprint density at radius 1 is 1.08 bits per heavy atom. The molecule has 0 aromatic rings. The number of rotatable bonds is 2. The summed E-state index contributed by atoms with van der Waals surface area (Å²) in [5, 5.41) is 0. The third-order valence-electron chi connectivity index (χ3n) is 3.62. The standard InChI is InChI=1S/C11H22O2/c1-6-10-8(3)7(2)9(4)11(12-5)13-10/h7-11H,6H2,1-5H3/t7-,8+,9+,10?,11?/m1/s1. The largest absolute Gasteiger partial charge is 0.356 e. The first-order valence-corrected chi connectivity index (χ1v) is 5.30. The van der Waals surface area contributed by atoms with Crippen molar-refractivity contribution in [3.63, 3.8) is 0 Å². The van der Waals surface area contributed by atoms with Gasteiger partial charge in [-0.25, -0.2) is 0 Å². The van der Waals surface area contributed by atoms with Gasteiger partial charge in [0.05, 0.1) is 6.10 Å². The zero-order valence-corrected chi connectivity index (χ0v) is 9.41. The van der Waals surface area contributed by atoms with Crippen molar-refractivity contribution in [2.45, 2.75) is 46.5 Å². The maximum Gasteiger partial charge on any atom is 0.160 e. The second kappa shape index (κ2) is 4.43. The zero-order chi connectivity index (χ0) is 10.0. The Kier molecular flexibility index (Phi) is 3.74. The van der Waals surface area contributed by atoms with Crippen LogP contribution in [0.5, 0.6) is 0 Å². The van der Waals surface area contributed by atoms with Crippen LogP contribution in [0, 0.1) is 17.8 Å². The molecule has 1 aliphatic rings. The quantitative estimate of drug-likeness (QED) is 0.660. The molecule has 13 heavy (non-hydrogen) atoms. The highest BCUT2D eigenvalue weighted by Crippen LogP contribution is 2.36. The topological polar surface area (TPSA) is 18.5 Å². The van der Waals surface area contributed by atoms with Crippen LogP contribution in [0.15, 0.2) is 0 Å². The van der Waals surface area contributed by atoms with Crippen molar-refractivity contribution in [2.75, 3.05) is 7.11 Å². The molecule has 2 heteroatoms. The highest BCUT2D eigenvalue weighted by Gasteiger charge is 2.38. The van der Waals surface area contributed by atoms with Crippen molar-refractivity contribution >= 4 is 0 Å². The molecular weight excluding hydrogens is 164 g/mol. The summed E-state index contributed by atoms with van der Waals surface area (Å²) in [4.78, 5) is 0. The molecule has 5 atom stereocenters. The van der Waals surface area contributed by atoms with Crippen LogP contribution in [0.4, 0.5) is 0 Å². The molecule has 1 saturated heterocycles. The lowest BCUT2D eigenvalue weighted by Gasteiger charge is -2.42. The van der Waals surface area contributed by atoms with Gasteiger partial charge in [-0.2, -0.15) is 0 Å². The van der Waals surface area contributed by atoms with Crippen LogP contribution in [-0.4, -0.2) is 19.5 Å². The van der Waals surface area contributed by atoms with Gasteiger partial charge in [0, 0.05) is 13.0 Å². The summed E-state index contributed by atoms with van der Waals surface area (Å²) < 4.78 is 11.2. The SMILES string of the molecule is CCC1OC(OC)[C@@H](C)[C@H](C)[C@@H]1C. The van der Waals surface area contributed by atoms with E-state index in [0.717, 1.165) is 6.42 Å². The van der Waals surface area contributed by atoms with Crippen molar-refractivity contribution in [1.82, 2.24) is 0 Å². The average Bonchev–Trinajstić information content (AvgIpc) is 2.15. The molecular formula is C11H22O2. The van der Waals surface area contributed by atoms with Crippen LogP contribution in [-0.2, 0) is 9.47 Å². The van der Waals surface area contributed by atoms with E-state index in [1.54, 1.807) is 7.11 Å². The Hall–Kier alpha value is -0.0800. The second-order valence-electron chi connectivity index (χ2n) is 4.26. The molecule has 0 aromatic carbocycles. The number of hydrogen-bond acceptors (Lipinski definition) is 2. The first kappa shape index (κ1) is 11.0. The van der Waals surface area contributed by atoms with E-state index in [4.69, 9.17) is 9.47 Å². The van der Waals surface area contributed by atoms with Crippen LogP contribution >= 0.6 is 0 Å². The van der Waals surface area contributed by atoms with E-state index in [1.807, 2.05) is 0 Å². The fraction of sp³-hybridized carbons (Fsp3) is 1.00. The van der Waals surface area contributed by atoms with Gasteiger partial charge in [0.1, 0.15) is 0 Å². The highest BCUT2D eigenvalue weighted by atomic mass is 16.7. The van der Waals surface area contributed by atoms with Crippen LogP contribution in [0.25, 0.3) is 0 Å². The van der Waals surface area contributed by atoms with Gasteiger partial charge in [-0.15, -0.1) is 0 Å². The fourth-order valence-electron chi connectivity index (χ4n) is 2.22. The van der Waals surface area contributed by atoms with E-state index in [2.05, 4.69) is 27.7 Å². The second-order valence-corrected chi connectivity index (χ2v) is 4.26. The minimum absolute atomic E-state index is 0.00356. The lowest BCUT2D eigenvalue weighted by atomic mass is 9.78. The van der Waals surface area contributed by atoms with Crippen molar-refractivity contribution in [3.8, 4) is 0 Å². The van der Waals surface area contributed by atoms with Crippen LogP contribution in [0.2, 0.25) is 0 Å². The third kappa shape index (κ3) is 2.05. The molecule has 1 aliphatic heterocycles. The van der Waals surface area contributed by atoms with Gasteiger partial charge < -0.3 is 9.47 Å². The van der Waals surface area contributed by atoms with E-state index in [-0.39, 0.29) is 6.29 Å². The maximum absolute atomic E-state index is 5.86. The van der Waals surface area contributed by atoms with Crippen molar-refractivity contribution in [1.29, 1.82) is 0 Å². The molecule has 0 radical (unpaired) electrons. The molecule has 0 amide bonds. The molecule has 1 fully saturated rings. The Morgan fingerprint density at radius 3 is 2.15 bits per heavy atom. The first-order valence-electron chi connectivity index (χ1n) is 5.30. The molecule has 1 heterocycles. The lowest BCUT2D eigenvalue weighted by molar-refractivity contribution is -0.237. The molecule has 0 aromatic heterocycles. The predicted molar refractivity (Wildman–Crippen MR) is 53.5 cm³/mol. The minimum atomic E-state index is -0.00356. The van der Waals surface area contributed by atoms with Gasteiger partial charge in [-0.1, -0.05) is 27.7 Å². The summed E-state index contributed by atoms with van der Waals surface area (Å²) in [6, 6.07) is 0. The molecule has 0 saturated carbocycles. The first-order chi connectivity index (χ1) is 6.11. The fourth-order valence-corrected chi connectivity index (χ4v) is 2.22. The van der Waals surface area contributed by atoms with Crippen molar-refractivity contribution < 1.29 is 9.47 Å². The minimum Gasteiger partial charge on any atom is -0.356 e. The molecule has 2 nitrogen and oxygen atoms in total. The molecule has 78 valence electrons. The van der Waals surface area contributed by atoms with Crippen LogP contribution < -0.4 is 0 Å². The van der Waals surface area contributed by atoms with Gasteiger partial charge in [0.25, 0.3) is 0 Å². The normalized spacial score (nSPS) is 46.4. The molecule has 0 N–H and O–H groups in total. The lowest BCUT2D eigenvalue weighted by Crippen LogP contribution is -2.45. The molecule has 1 rings (SSSR count). The summed E-state index contributed by atoms with van der Waals surface area (Å²) in [5.41, 5.74) is 0.